The summed E-state index contributed by atoms with van der Waals surface area (Å²) in [7, 11) is 0. The average molecular weight is 222 g/mol. The van der Waals surface area contributed by atoms with Crippen LogP contribution in [0.1, 0.15) is 32.1 Å². The highest BCUT2D eigenvalue weighted by Crippen LogP contribution is 2.49. The molecule has 1 aliphatic heterocycles. The van der Waals surface area contributed by atoms with Gasteiger partial charge in [-0.1, -0.05) is 0 Å². The Hall–Kier alpha value is -1.06. The van der Waals surface area contributed by atoms with Crippen LogP contribution in [0.3, 0.4) is 0 Å². The Morgan fingerprint density at radius 1 is 1.25 bits per heavy atom. The lowest BCUT2D eigenvalue weighted by Crippen LogP contribution is -2.41. The van der Waals surface area contributed by atoms with Gasteiger partial charge in [-0.3, -0.25) is 9.59 Å². The van der Waals surface area contributed by atoms with Crippen LogP contribution in [-0.2, 0) is 9.59 Å². The first kappa shape index (κ1) is 10.1. The standard InChI is InChI=1S/C12H18N2O2/c15-10-5-9(6-13-10)14-12(16)11(7-1-2-7)8-3-4-8/h7-9,11H,1-6H2,(H,13,15)(H,14,16). The van der Waals surface area contributed by atoms with Crippen molar-refractivity contribution in [2.75, 3.05) is 6.54 Å². The number of nitrogens with one attached hydrogen (secondary N) is 2. The second-order valence-corrected chi connectivity index (χ2v) is 5.41. The highest BCUT2D eigenvalue weighted by Gasteiger charge is 2.46. The summed E-state index contributed by atoms with van der Waals surface area (Å²) in [5, 5.41) is 5.78. The second-order valence-electron chi connectivity index (χ2n) is 5.41. The third-order valence-corrected chi connectivity index (χ3v) is 3.89. The molecule has 2 amide bonds. The van der Waals surface area contributed by atoms with Gasteiger partial charge < -0.3 is 10.6 Å². The summed E-state index contributed by atoms with van der Waals surface area (Å²) < 4.78 is 0. The molecule has 0 radical (unpaired) electrons. The Morgan fingerprint density at radius 2 is 1.88 bits per heavy atom. The Balaban J connectivity index is 1.56. The van der Waals surface area contributed by atoms with Crippen molar-refractivity contribution in [1.82, 2.24) is 10.6 Å². The Labute approximate surface area is 95.2 Å². The van der Waals surface area contributed by atoms with Gasteiger partial charge in [0.25, 0.3) is 0 Å². The van der Waals surface area contributed by atoms with Crippen LogP contribution in [0.2, 0.25) is 0 Å². The molecule has 1 heterocycles. The fourth-order valence-corrected chi connectivity index (χ4v) is 2.73. The van der Waals surface area contributed by atoms with Gasteiger partial charge in [0, 0.05) is 18.9 Å². The van der Waals surface area contributed by atoms with Gasteiger partial charge in [0.05, 0.1) is 6.04 Å². The maximum Gasteiger partial charge on any atom is 0.223 e. The third kappa shape index (κ3) is 2.06. The molecule has 3 rings (SSSR count). The van der Waals surface area contributed by atoms with Crippen LogP contribution in [0.5, 0.6) is 0 Å². The van der Waals surface area contributed by atoms with Crippen LogP contribution in [-0.4, -0.2) is 24.4 Å². The molecule has 2 N–H and O–H groups in total. The zero-order chi connectivity index (χ0) is 11.1. The van der Waals surface area contributed by atoms with Crippen LogP contribution in [0.4, 0.5) is 0 Å². The minimum absolute atomic E-state index is 0.0278. The molecule has 0 aromatic rings. The Morgan fingerprint density at radius 3 is 2.31 bits per heavy atom. The molecule has 0 bridgehead atoms. The van der Waals surface area contributed by atoms with Crippen LogP contribution >= 0.6 is 0 Å². The van der Waals surface area contributed by atoms with Gasteiger partial charge in [-0.2, -0.15) is 0 Å². The minimum atomic E-state index is 0.0278. The highest BCUT2D eigenvalue weighted by molar-refractivity contribution is 5.83. The first-order chi connectivity index (χ1) is 7.74. The number of carbonyl (C=O) groups excluding carboxylic acids is 2. The minimum Gasteiger partial charge on any atom is -0.354 e. The number of rotatable bonds is 4. The van der Waals surface area contributed by atoms with E-state index in [0.717, 1.165) is 0 Å². The quantitative estimate of drug-likeness (QED) is 0.724. The van der Waals surface area contributed by atoms with Gasteiger partial charge in [0.1, 0.15) is 0 Å². The monoisotopic (exact) mass is 222 g/mol. The van der Waals surface area contributed by atoms with Gasteiger partial charge >= 0.3 is 0 Å². The van der Waals surface area contributed by atoms with E-state index >= 15 is 0 Å². The molecule has 1 saturated heterocycles. The van der Waals surface area contributed by atoms with Crippen molar-refractivity contribution in [2.45, 2.75) is 38.1 Å². The lowest BCUT2D eigenvalue weighted by atomic mass is 9.96. The van der Waals surface area contributed by atoms with Crippen molar-refractivity contribution >= 4 is 11.8 Å². The van der Waals surface area contributed by atoms with E-state index in [-0.39, 0.29) is 23.8 Å². The van der Waals surface area contributed by atoms with Gasteiger partial charge in [0.15, 0.2) is 0 Å². The van der Waals surface area contributed by atoms with Crippen molar-refractivity contribution < 1.29 is 9.59 Å². The summed E-state index contributed by atoms with van der Waals surface area (Å²) in [4.78, 5) is 23.2. The van der Waals surface area contributed by atoms with Crippen LogP contribution in [0.25, 0.3) is 0 Å². The van der Waals surface area contributed by atoms with E-state index in [4.69, 9.17) is 0 Å². The molecule has 4 heteroatoms. The molecular formula is C12H18N2O2. The predicted molar refractivity (Wildman–Crippen MR) is 58.5 cm³/mol. The Kier molecular flexibility index (Phi) is 2.37. The van der Waals surface area contributed by atoms with E-state index in [9.17, 15) is 9.59 Å². The van der Waals surface area contributed by atoms with Gasteiger partial charge in [0.2, 0.25) is 11.8 Å². The van der Waals surface area contributed by atoms with E-state index in [1.807, 2.05) is 0 Å². The maximum atomic E-state index is 12.1. The summed E-state index contributed by atoms with van der Waals surface area (Å²) in [5.74, 6) is 1.78. The number of carbonyl (C=O) groups is 2. The SMILES string of the molecule is O=C1CC(NC(=O)C(C2CC2)C2CC2)CN1. The van der Waals surface area contributed by atoms with E-state index in [0.29, 0.717) is 24.8 Å². The van der Waals surface area contributed by atoms with Crippen molar-refractivity contribution in [3.05, 3.63) is 0 Å². The molecule has 3 aliphatic rings. The van der Waals surface area contributed by atoms with Gasteiger partial charge in [-0.15, -0.1) is 0 Å². The average Bonchev–Trinajstić information content (AvgIpc) is 3.11. The zero-order valence-electron chi connectivity index (χ0n) is 9.37. The van der Waals surface area contributed by atoms with Crippen molar-refractivity contribution in [3.63, 3.8) is 0 Å². The summed E-state index contributed by atoms with van der Waals surface area (Å²) in [6.07, 6.45) is 5.33. The molecule has 4 nitrogen and oxygen atoms in total. The van der Waals surface area contributed by atoms with Gasteiger partial charge in [-0.05, 0) is 37.5 Å². The van der Waals surface area contributed by atoms with E-state index < -0.39 is 0 Å². The topological polar surface area (TPSA) is 58.2 Å². The summed E-state index contributed by atoms with van der Waals surface area (Å²) in [5.41, 5.74) is 0. The summed E-state index contributed by atoms with van der Waals surface area (Å²) in [6, 6.07) is 0.0278. The first-order valence-corrected chi connectivity index (χ1v) is 6.31. The molecule has 0 spiro atoms. The lowest BCUT2D eigenvalue weighted by Gasteiger charge is -2.18. The van der Waals surface area contributed by atoms with Crippen LogP contribution in [0, 0.1) is 17.8 Å². The van der Waals surface area contributed by atoms with E-state index in [2.05, 4.69) is 10.6 Å². The predicted octanol–water partition coefficient (Wildman–Crippen LogP) is 0.427. The van der Waals surface area contributed by atoms with Crippen LogP contribution < -0.4 is 10.6 Å². The summed E-state index contributed by atoms with van der Waals surface area (Å²) >= 11 is 0. The molecular weight excluding hydrogens is 204 g/mol. The molecule has 1 atom stereocenters. The van der Waals surface area contributed by atoms with E-state index in [1.54, 1.807) is 0 Å². The number of hydrogen-bond donors (Lipinski definition) is 2. The normalized spacial score (nSPS) is 29.3. The summed E-state index contributed by atoms with van der Waals surface area (Å²) in [6.45, 7) is 0.604. The van der Waals surface area contributed by atoms with E-state index in [1.165, 1.54) is 25.7 Å². The lowest BCUT2D eigenvalue weighted by molar-refractivity contribution is -0.127. The molecule has 0 aromatic heterocycles. The zero-order valence-corrected chi connectivity index (χ0v) is 9.37. The molecule has 2 aliphatic carbocycles. The second kappa shape index (κ2) is 3.75. The fraction of sp³-hybridized carbons (Fsp3) is 0.833. The molecule has 16 heavy (non-hydrogen) atoms. The molecule has 0 aromatic carbocycles. The first-order valence-electron chi connectivity index (χ1n) is 6.31. The third-order valence-electron chi connectivity index (χ3n) is 3.89. The van der Waals surface area contributed by atoms with Crippen molar-refractivity contribution in [2.24, 2.45) is 17.8 Å². The number of hydrogen-bond acceptors (Lipinski definition) is 2. The molecule has 2 saturated carbocycles. The largest absolute Gasteiger partial charge is 0.354 e. The smallest absolute Gasteiger partial charge is 0.223 e. The Bertz CT molecular complexity index is 309. The molecule has 1 unspecified atom stereocenters. The number of amides is 2. The van der Waals surface area contributed by atoms with Crippen molar-refractivity contribution in [3.8, 4) is 0 Å². The highest BCUT2D eigenvalue weighted by atomic mass is 16.2. The molecule has 88 valence electrons. The fourth-order valence-electron chi connectivity index (χ4n) is 2.73. The van der Waals surface area contributed by atoms with Crippen LogP contribution in [0.15, 0.2) is 0 Å². The maximum absolute atomic E-state index is 12.1. The molecule has 3 fully saturated rings. The van der Waals surface area contributed by atoms with Crippen molar-refractivity contribution in [1.29, 1.82) is 0 Å². The van der Waals surface area contributed by atoms with Gasteiger partial charge in [-0.25, -0.2) is 0 Å².